The monoisotopic (exact) mass is 502 g/mol. The van der Waals surface area contributed by atoms with Gasteiger partial charge in [0.25, 0.3) is 0 Å². The fourth-order valence-corrected chi connectivity index (χ4v) is 4.28. The fraction of sp³-hybridized carbons (Fsp3) is 0.440. The molecule has 0 unspecified atom stereocenters. The van der Waals surface area contributed by atoms with Crippen LogP contribution in [0.3, 0.4) is 0 Å². The first-order valence-corrected chi connectivity index (χ1v) is 12.1. The van der Waals surface area contributed by atoms with Crippen LogP contribution < -0.4 is 14.8 Å². The van der Waals surface area contributed by atoms with Crippen molar-refractivity contribution in [2.45, 2.75) is 12.3 Å². The van der Waals surface area contributed by atoms with Gasteiger partial charge in [-0.15, -0.1) is 0 Å². The predicted molar refractivity (Wildman–Crippen MR) is 132 cm³/mol. The Morgan fingerprint density at radius 3 is 2.66 bits per heavy atom. The van der Waals surface area contributed by atoms with Crippen molar-refractivity contribution >= 4 is 34.0 Å². The minimum atomic E-state index is -0.477. The van der Waals surface area contributed by atoms with Gasteiger partial charge in [0, 0.05) is 36.8 Å². The highest BCUT2D eigenvalue weighted by Crippen LogP contribution is 2.37. The van der Waals surface area contributed by atoms with Crippen molar-refractivity contribution in [3.8, 4) is 11.5 Å². The van der Waals surface area contributed by atoms with Crippen molar-refractivity contribution in [1.82, 2.24) is 14.9 Å². The summed E-state index contributed by atoms with van der Waals surface area (Å²) in [6.45, 7) is 6.12. The lowest BCUT2D eigenvalue weighted by Crippen LogP contribution is -2.37. The van der Waals surface area contributed by atoms with Crippen LogP contribution in [-0.2, 0) is 9.47 Å². The van der Waals surface area contributed by atoms with E-state index in [1.54, 1.807) is 13.2 Å². The van der Waals surface area contributed by atoms with Crippen LogP contribution >= 0.6 is 11.6 Å². The molecule has 0 spiro atoms. The summed E-state index contributed by atoms with van der Waals surface area (Å²) < 4.78 is 36.2. The Kier molecular flexibility index (Phi) is 7.48. The number of methoxy groups -OCH3 is 1. The molecular formula is C25H28ClFN4O4. The van der Waals surface area contributed by atoms with Crippen LogP contribution in [0.5, 0.6) is 11.5 Å². The van der Waals surface area contributed by atoms with Gasteiger partial charge in [0.15, 0.2) is 11.5 Å². The molecule has 0 saturated carbocycles. The third-order valence-electron chi connectivity index (χ3n) is 6.16. The second-order valence-electron chi connectivity index (χ2n) is 8.59. The molecule has 2 fully saturated rings. The van der Waals surface area contributed by atoms with Crippen LogP contribution in [-0.4, -0.2) is 74.6 Å². The molecule has 2 aromatic carbocycles. The summed E-state index contributed by atoms with van der Waals surface area (Å²) >= 11 is 5.99. The highest BCUT2D eigenvalue weighted by Gasteiger charge is 2.25. The van der Waals surface area contributed by atoms with Crippen molar-refractivity contribution in [2.75, 3.05) is 65.1 Å². The maximum absolute atomic E-state index is 13.7. The van der Waals surface area contributed by atoms with Crippen molar-refractivity contribution in [3.05, 3.63) is 47.0 Å². The van der Waals surface area contributed by atoms with E-state index in [2.05, 4.69) is 10.2 Å². The number of anilines is 2. The van der Waals surface area contributed by atoms with E-state index in [4.69, 9.17) is 40.5 Å². The summed E-state index contributed by atoms with van der Waals surface area (Å²) in [5.74, 6) is 2.13. The Bertz CT molecular complexity index is 1190. The zero-order chi connectivity index (χ0) is 24.2. The number of morpholine rings is 1. The number of halogens is 2. The largest absolute Gasteiger partial charge is 0.493 e. The molecule has 3 aromatic rings. The molecule has 0 bridgehead atoms. The predicted octanol–water partition coefficient (Wildman–Crippen LogP) is 4.39. The second-order valence-corrected chi connectivity index (χ2v) is 9.00. The van der Waals surface area contributed by atoms with Crippen LogP contribution in [0.4, 0.5) is 15.9 Å². The van der Waals surface area contributed by atoms with E-state index in [0.717, 1.165) is 50.2 Å². The summed E-state index contributed by atoms with van der Waals surface area (Å²) in [6.07, 6.45) is 0.886. The summed E-state index contributed by atoms with van der Waals surface area (Å²) in [5.41, 5.74) is 1.34. The number of fused-ring (bicyclic) bond motifs is 1. The number of benzene rings is 2. The van der Waals surface area contributed by atoms with E-state index in [0.29, 0.717) is 48.6 Å². The zero-order valence-electron chi connectivity index (χ0n) is 19.6. The lowest BCUT2D eigenvalue weighted by Gasteiger charge is -2.26. The molecule has 186 valence electrons. The fourth-order valence-electron chi connectivity index (χ4n) is 4.10. The SMILES string of the molecule is COc1cc2nc(C3COC3)nc(Nc3ccc(F)c(Cl)c3)c2cc1OCCCN1CCOCC1. The Morgan fingerprint density at radius 2 is 1.94 bits per heavy atom. The first-order valence-electron chi connectivity index (χ1n) is 11.7. The molecule has 0 aliphatic carbocycles. The number of hydrogen-bond donors (Lipinski definition) is 1. The second kappa shape index (κ2) is 10.9. The quantitative estimate of drug-likeness (QED) is 0.432. The number of nitrogens with one attached hydrogen (secondary N) is 1. The average molecular weight is 503 g/mol. The van der Waals surface area contributed by atoms with Crippen LogP contribution in [0.2, 0.25) is 5.02 Å². The maximum atomic E-state index is 13.7. The smallest absolute Gasteiger partial charge is 0.162 e. The van der Waals surface area contributed by atoms with Crippen LogP contribution in [0, 0.1) is 5.82 Å². The number of nitrogens with zero attached hydrogens (tertiary/aromatic N) is 3. The third kappa shape index (κ3) is 5.59. The molecule has 35 heavy (non-hydrogen) atoms. The zero-order valence-corrected chi connectivity index (χ0v) is 20.3. The van der Waals surface area contributed by atoms with Gasteiger partial charge in [-0.3, -0.25) is 4.90 Å². The van der Waals surface area contributed by atoms with Crippen molar-refractivity contribution in [2.24, 2.45) is 0 Å². The van der Waals surface area contributed by atoms with E-state index in [1.165, 1.54) is 12.1 Å². The molecule has 0 atom stereocenters. The normalized spacial score (nSPS) is 16.8. The molecule has 5 rings (SSSR count). The maximum Gasteiger partial charge on any atom is 0.162 e. The topological polar surface area (TPSA) is 78.0 Å². The van der Waals surface area contributed by atoms with Gasteiger partial charge in [0.2, 0.25) is 0 Å². The van der Waals surface area contributed by atoms with E-state index >= 15 is 0 Å². The molecule has 8 nitrogen and oxygen atoms in total. The van der Waals surface area contributed by atoms with Gasteiger partial charge in [-0.1, -0.05) is 11.6 Å². The van der Waals surface area contributed by atoms with Gasteiger partial charge in [0.05, 0.1) is 56.6 Å². The van der Waals surface area contributed by atoms with Gasteiger partial charge in [-0.2, -0.15) is 0 Å². The van der Waals surface area contributed by atoms with E-state index in [-0.39, 0.29) is 10.9 Å². The lowest BCUT2D eigenvalue weighted by molar-refractivity contribution is 0.00505. The van der Waals surface area contributed by atoms with Gasteiger partial charge in [-0.05, 0) is 30.7 Å². The lowest BCUT2D eigenvalue weighted by atomic mass is 10.1. The number of ether oxygens (including phenoxy) is 4. The number of aromatic nitrogens is 2. The van der Waals surface area contributed by atoms with Gasteiger partial charge in [0.1, 0.15) is 17.5 Å². The van der Waals surface area contributed by atoms with Gasteiger partial charge < -0.3 is 24.3 Å². The highest BCUT2D eigenvalue weighted by molar-refractivity contribution is 6.31. The Morgan fingerprint density at radius 1 is 1.11 bits per heavy atom. The van der Waals surface area contributed by atoms with Crippen molar-refractivity contribution < 1.29 is 23.3 Å². The average Bonchev–Trinajstić information content (AvgIpc) is 2.83. The Hall–Kier alpha value is -2.72. The molecule has 2 aliphatic rings. The van der Waals surface area contributed by atoms with Crippen LogP contribution in [0.1, 0.15) is 18.2 Å². The van der Waals surface area contributed by atoms with E-state index in [9.17, 15) is 4.39 Å². The summed E-state index contributed by atoms with van der Waals surface area (Å²) in [7, 11) is 1.61. The van der Waals surface area contributed by atoms with Gasteiger partial charge >= 0.3 is 0 Å². The first-order chi connectivity index (χ1) is 17.1. The molecule has 2 saturated heterocycles. The standard InChI is InChI=1S/C25H28ClFN4O4/c1-32-22-13-21-18(12-23(22)35-8-2-5-31-6-9-33-10-7-31)25(30-24(29-21)16-14-34-15-16)28-17-3-4-20(27)19(26)11-17/h3-4,11-13,16H,2,5-10,14-15H2,1H3,(H,28,29,30). The number of hydrogen-bond acceptors (Lipinski definition) is 8. The van der Waals surface area contributed by atoms with Crippen molar-refractivity contribution in [3.63, 3.8) is 0 Å². The Labute approximate surface area is 208 Å². The molecule has 1 N–H and O–H groups in total. The molecular weight excluding hydrogens is 475 g/mol. The number of rotatable bonds is 9. The molecule has 2 aliphatic heterocycles. The van der Waals surface area contributed by atoms with E-state index in [1.807, 2.05) is 12.1 Å². The van der Waals surface area contributed by atoms with Gasteiger partial charge in [-0.25, -0.2) is 14.4 Å². The Balaban J connectivity index is 1.41. The van der Waals surface area contributed by atoms with Crippen LogP contribution in [0.15, 0.2) is 30.3 Å². The summed E-state index contributed by atoms with van der Waals surface area (Å²) in [6, 6.07) is 8.22. The third-order valence-corrected chi connectivity index (χ3v) is 6.45. The van der Waals surface area contributed by atoms with E-state index < -0.39 is 5.82 Å². The highest BCUT2D eigenvalue weighted by atomic mass is 35.5. The summed E-state index contributed by atoms with van der Waals surface area (Å²) in [4.78, 5) is 11.9. The van der Waals surface area contributed by atoms with Crippen LogP contribution in [0.25, 0.3) is 10.9 Å². The first kappa shape index (κ1) is 24.0. The minimum absolute atomic E-state index is 0.0342. The molecule has 3 heterocycles. The minimum Gasteiger partial charge on any atom is -0.493 e. The molecule has 10 heteroatoms. The van der Waals surface area contributed by atoms with Crippen molar-refractivity contribution in [1.29, 1.82) is 0 Å². The summed E-state index contributed by atoms with van der Waals surface area (Å²) in [5, 5.41) is 4.07. The molecule has 0 radical (unpaired) electrons. The molecule has 1 aromatic heterocycles. The molecule has 0 amide bonds.